The lowest BCUT2D eigenvalue weighted by atomic mass is 10.0. The summed E-state index contributed by atoms with van der Waals surface area (Å²) in [7, 11) is 0. The number of hydrogen-bond acceptors (Lipinski definition) is 3. The second-order valence-electron chi connectivity index (χ2n) is 5.21. The third-order valence-corrected chi connectivity index (χ3v) is 3.65. The molecule has 0 saturated carbocycles. The van der Waals surface area contributed by atoms with Crippen molar-refractivity contribution in [1.29, 1.82) is 0 Å². The number of halogens is 1. The second kappa shape index (κ2) is 9.64. The van der Waals surface area contributed by atoms with Gasteiger partial charge in [0.1, 0.15) is 6.61 Å². The number of nitrogen functional groups attached to an aromatic ring is 1. The summed E-state index contributed by atoms with van der Waals surface area (Å²) < 4.78 is 5.50. The summed E-state index contributed by atoms with van der Waals surface area (Å²) in [6.07, 6.45) is 4.62. The molecular formula is C16H25ClN2O2. The van der Waals surface area contributed by atoms with Gasteiger partial charge in [-0.2, -0.15) is 0 Å². The molecule has 3 N–H and O–H groups in total. The maximum Gasteiger partial charge on any atom is 0.250 e. The highest BCUT2D eigenvalue weighted by molar-refractivity contribution is 6.31. The molecule has 0 radical (unpaired) electrons. The first-order chi connectivity index (χ1) is 10.1. The van der Waals surface area contributed by atoms with Crippen molar-refractivity contribution in [3.05, 3.63) is 23.2 Å². The molecule has 0 aliphatic carbocycles. The molecule has 0 heterocycles. The van der Waals surface area contributed by atoms with E-state index >= 15 is 0 Å². The third kappa shape index (κ3) is 6.82. The van der Waals surface area contributed by atoms with Crippen LogP contribution in [0.3, 0.4) is 0 Å². The largest absolute Gasteiger partial charge is 0.397 e. The molecule has 5 heteroatoms. The molecule has 1 aromatic rings. The molecule has 1 aromatic carbocycles. The number of nitrogens with one attached hydrogen (secondary N) is 1. The Hall–Kier alpha value is -1.26. The highest BCUT2D eigenvalue weighted by Crippen LogP contribution is 2.22. The summed E-state index contributed by atoms with van der Waals surface area (Å²) in [6, 6.07) is 4.98. The molecule has 0 fully saturated rings. The summed E-state index contributed by atoms with van der Waals surface area (Å²) in [6.45, 7) is 5.00. The van der Waals surface area contributed by atoms with Crippen LogP contribution in [-0.4, -0.2) is 19.1 Å². The molecule has 0 spiro atoms. The minimum absolute atomic E-state index is 0.0463. The Bertz CT molecular complexity index is 452. The monoisotopic (exact) mass is 312 g/mol. The van der Waals surface area contributed by atoms with Gasteiger partial charge in [-0.3, -0.25) is 4.79 Å². The maximum absolute atomic E-state index is 11.8. The predicted molar refractivity (Wildman–Crippen MR) is 88.6 cm³/mol. The van der Waals surface area contributed by atoms with Crippen molar-refractivity contribution in [3.8, 4) is 0 Å². The zero-order valence-corrected chi connectivity index (χ0v) is 13.6. The van der Waals surface area contributed by atoms with Crippen LogP contribution in [0.4, 0.5) is 11.4 Å². The zero-order chi connectivity index (χ0) is 15.7. The lowest BCUT2D eigenvalue weighted by Gasteiger charge is -2.14. The van der Waals surface area contributed by atoms with Gasteiger partial charge < -0.3 is 15.8 Å². The molecule has 21 heavy (non-hydrogen) atoms. The molecule has 1 amide bonds. The van der Waals surface area contributed by atoms with Gasteiger partial charge in [0.15, 0.2) is 0 Å². The van der Waals surface area contributed by atoms with E-state index in [4.69, 9.17) is 22.1 Å². The van der Waals surface area contributed by atoms with E-state index in [1.807, 2.05) is 0 Å². The van der Waals surface area contributed by atoms with Crippen LogP contribution in [0.15, 0.2) is 18.2 Å². The van der Waals surface area contributed by atoms with Gasteiger partial charge in [0.05, 0.1) is 18.0 Å². The van der Waals surface area contributed by atoms with Crippen LogP contribution in [0.25, 0.3) is 0 Å². The van der Waals surface area contributed by atoms with Gasteiger partial charge in [-0.25, -0.2) is 0 Å². The van der Waals surface area contributed by atoms with Crippen LogP contribution in [0.1, 0.15) is 39.5 Å². The molecule has 4 nitrogen and oxygen atoms in total. The standard InChI is InChI=1S/C16H25ClN2O2/c1-3-5-6-12(4-2)10-21-11-16(20)19-15-8-7-13(17)9-14(15)18/h7-9,12H,3-6,10-11,18H2,1-2H3,(H,19,20). The first-order valence-corrected chi connectivity index (χ1v) is 7.87. The molecular weight excluding hydrogens is 288 g/mol. The minimum atomic E-state index is -0.200. The van der Waals surface area contributed by atoms with E-state index in [0.29, 0.717) is 28.9 Å². The number of unbranched alkanes of at least 4 members (excludes halogenated alkanes) is 1. The van der Waals surface area contributed by atoms with Crippen LogP contribution in [0.2, 0.25) is 5.02 Å². The van der Waals surface area contributed by atoms with E-state index in [1.165, 1.54) is 12.8 Å². The Morgan fingerprint density at radius 3 is 2.81 bits per heavy atom. The molecule has 1 unspecified atom stereocenters. The number of hydrogen-bond donors (Lipinski definition) is 2. The Morgan fingerprint density at radius 2 is 2.19 bits per heavy atom. The maximum atomic E-state index is 11.8. The topological polar surface area (TPSA) is 64.3 Å². The fraction of sp³-hybridized carbons (Fsp3) is 0.562. The van der Waals surface area contributed by atoms with Gasteiger partial charge in [0.2, 0.25) is 5.91 Å². The number of amides is 1. The van der Waals surface area contributed by atoms with Crippen molar-refractivity contribution in [2.24, 2.45) is 5.92 Å². The fourth-order valence-electron chi connectivity index (χ4n) is 2.05. The Kier molecular flexibility index (Phi) is 8.16. The van der Waals surface area contributed by atoms with Gasteiger partial charge in [-0.05, 0) is 30.5 Å². The number of carbonyl (C=O) groups excluding carboxylic acids is 1. The fourth-order valence-corrected chi connectivity index (χ4v) is 2.23. The number of rotatable bonds is 9. The molecule has 0 saturated heterocycles. The molecule has 1 rings (SSSR count). The first kappa shape index (κ1) is 17.8. The molecule has 118 valence electrons. The third-order valence-electron chi connectivity index (χ3n) is 3.42. The molecule has 0 aliphatic rings. The SMILES string of the molecule is CCCCC(CC)COCC(=O)Nc1ccc(Cl)cc1N. The van der Waals surface area contributed by atoms with Gasteiger partial charge >= 0.3 is 0 Å². The highest BCUT2D eigenvalue weighted by Gasteiger charge is 2.09. The number of nitrogens with two attached hydrogens (primary N) is 1. The van der Waals surface area contributed by atoms with E-state index in [9.17, 15) is 4.79 Å². The van der Waals surface area contributed by atoms with Crippen LogP contribution in [0.5, 0.6) is 0 Å². The van der Waals surface area contributed by atoms with E-state index in [2.05, 4.69) is 19.2 Å². The van der Waals surface area contributed by atoms with E-state index in [-0.39, 0.29) is 12.5 Å². The van der Waals surface area contributed by atoms with Gasteiger partial charge in [0.25, 0.3) is 0 Å². The van der Waals surface area contributed by atoms with E-state index in [1.54, 1.807) is 18.2 Å². The van der Waals surface area contributed by atoms with E-state index < -0.39 is 0 Å². The van der Waals surface area contributed by atoms with Crippen LogP contribution in [-0.2, 0) is 9.53 Å². The van der Waals surface area contributed by atoms with Gasteiger partial charge in [-0.15, -0.1) is 0 Å². The first-order valence-electron chi connectivity index (χ1n) is 7.49. The van der Waals surface area contributed by atoms with Crippen molar-refractivity contribution in [3.63, 3.8) is 0 Å². The number of carbonyl (C=O) groups is 1. The Labute approximate surface area is 132 Å². The molecule has 0 bridgehead atoms. The average molecular weight is 313 g/mol. The molecule has 1 atom stereocenters. The van der Waals surface area contributed by atoms with Crippen molar-refractivity contribution < 1.29 is 9.53 Å². The van der Waals surface area contributed by atoms with Crippen LogP contribution in [0, 0.1) is 5.92 Å². The number of ether oxygens (including phenoxy) is 1. The minimum Gasteiger partial charge on any atom is -0.397 e. The summed E-state index contributed by atoms with van der Waals surface area (Å²) in [5, 5.41) is 3.27. The van der Waals surface area contributed by atoms with Gasteiger partial charge in [0, 0.05) is 5.02 Å². The number of benzene rings is 1. The van der Waals surface area contributed by atoms with Crippen molar-refractivity contribution in [2.75, 3.05) is 24.3 Å². The summed E-state index contributed by atoms with van der Waals surface area (Å²) in [5.41, 5.74) is 6.79. The lowest BCUT2D eigenvalue weighted by Crippen LogP contribution is -2.21. The molecule has 0 aromatic heterocycles. The Balaban J connectivity index is 2.33. The van der Waals surface area contributed by atoms with Crippen molar-refractivity contribution in [1.82, 2.24) is 0 Å². The lowest BCUT2D eigenvalue weighted by molar-refractivity contribution is -0.121. The second-order valence-corrected chi connectivity index (χ2v) is 5.65. The quantitative estimate of drug-likeness (QED) is 0.675. The van der Waals surface area contributed by atoms with Crippen LogP contribution < -0.4 is 11.1 Å². The summed E-state index contributed by atoms with van der Waals surface area (Å²) >= 11 is 5.81. The van der Waals surface area contributed by atoms with E-state index in [0.717, 1.165) is 12.8 Å². The highest BCUT2D eigenvalue weighted by atomic mass is 35.5. The predicted octanol–water partition coefficient (Wildman–Crippen LogP) is 4.09. The van der Waals surface area contributed by atoms with Gasteiger partial charge in [-0.1, -0.05) is 44.7 Å². The average Bonchev–Trinajstić information content (AvgIpc) is 2.45. The summed E-state index contributed by atoms with van der Waals surface area (Å²) in [5.74, 6) is 0.327. The van der Waals surface area contributed by atoms with Crippen molar-refractivity contribution in [2.45, 2.75) is 39.5 Å². The number of anilines is 2. The molecule has 0 aliphatic heterocycles. The summed E-state index contributed by atoms with van der Waals surface area (Å²) in [4.78, 5) is 11.8. The van der Waals surface area contributed by atoms with Crippen molar-refractivity contribution >= 4 is 28.9 Å². The normalized spacial score (nSPS) is 12.1. The smallest absolute Gasteiger partial charge is 0.250 e. The van der Waals surface area contributed by atoms with Crippen LogP contribution >= 0.6 is 11.6 Å². The Morgan fingerprint density at radius 1 is 1.43 bits per heavy atom. The zero-order valence-electron chi connectivity index (χ0n) is 12.8.